The molecule has 1 atom stereocenters. The lowest BCUT2D eigenvalue weighted by molar-refractivity contribution is -0.167. The van der Waals surface area contributed by atoms with Crippen molar-refractivity contribution in [2.75, 3.05) is 13.2 Å². The quantitative estimate of drug-likeness (QED) is 0.0262. The molecule has 0 radical (unpaired) electrons. The van der Waals surface area contributed by atoms with Crippen LogP contribution in [0.2, 0.25) is 0 Å². The highest BCUT2D eigenvalue weighted by molar-refractivity contribution is 5.71. The van der Waals surface area contributed by atoms with Crippen molar-refractivity contribution < 1.29 is 28.6 Å². The largest absolute Gasteiger partial charge is 0.462 e. The number of unbranched alkanes of at least 4 members (excludes halogenated alkanes) is 14. The molecule has 0 spiro atoms. The second-order valence-corrected chi connectivity index (χ2v) is 17.4. The van der Waals surface area contributed by atoms with E-state index in [0.717, 1.165) is 141 Å². The number of allylic oxidation sites excluding steroid dienone is 22. The fourth-order valence-electron chi connectivity index (χ4n) is 6.84. The zero-order valence-corrected chi connectivity index (χ0v) is 43.6. The molecule has 0 aliphatic heterocycles. The van der Waals surface area contributed by atoms with Gasteiger partial charge >= 0.3 is 17.9 Å². The van der Waals surface area contributed by atoms with Crippen LogP contribution in [0.3, 0.4) is 0 Å². The Balaban J connectivity index is 4.48. The Morgan fingerprint density at radius 1 is 0.309 bits per heavy atom. The van der Waals surface area contributed by atoms with Crippen molar-refractivity contribution in [3.63, 3.8) is 0 Å². The summed E-state index contributed by atoms with van der Waals surface area (Å²) in [7, 11) is 0. The van der Waals surface area contributed by atoms with Crippen LogP contribution in [-0.2, 0) is 28.6 Å². The van der Waals surface area contributed by atoms with Crippen LogP contribution in [0, 0.1) is 0 Å². The first-order chi connectivity index (χ1) is 33.5. The van der Waals surface area contributed by atoms with Gasteiger partial charge in [0.1, 0.15) is 13.2 Å². The van der Waals surface area contributed by atoms with Gasteiger partial charge in [-0.25, -0.2) is 0 Å². The van der Waals surface area contributed by atoms with Crippen LogP contribution in [0.5, 0.6) is 0 Å². The Bertz CT molecular complexity index is 1500. The molecule has 0 fully saturated rings. The summed E-state index contributed by atoms with van der Waals surface area (Å²) in [6.45, 7) is 6.30. The van der Waals surface area contributed by atoms with Gasteiger partial charge in [-0.2, -0.15) is 0 Å². The van der Waals surface area contributed by atoms with Gasteiger partial charge < -0.3 is 14.2 Å². The molecule has 6 nitrogen and oxygen atoms in total. The minimum absolute atomic E-state index is 0.112. The third-order valence-electron chi connectivity index (χ3n) is 10.9. The van der Waals surface area contributed by atoms with Crippen LogP contribution in [-0.4, -0.2) is 37.2 Å². The summed E-state index contributed by atoms with van der Waals surface area (Å²) in [5.41, 5.74) is 0. The zero-order chi connectivity index (χ0) is 49.3. The monoisotopic (exact) mass is 939 g/mol. The topological polar surface area (TPSA) is 78.9 Å². The van der Waals surface area contributed by atoms with Gasteiger partial charge in [-0.1, -0.05) is 199 Å². The van der Waals surface area contributed by atoms with E-state index in [1.807, 2.05) is 0 Å². The van der Waals surface area contributed by atoms with Crippen LogP contribution in [0.4, 0.5) is 0 Å². The molecule has 0 aromatic heterocycles. The average molecular weight is 939 g/mol. The molecular weight excluding hydrogens is 841 g/mol. The minimum atomic E-state index is -0.818. The fourth-order valence-corrected chi connectivity index (χ4v) is 6.84. The second kappa shape index (κ2) is 55.1. The van der Waals surface area contributed by atoms with E-state index in [4.69, 9.17) is 14.2 Å². The van der Waals surface area contributed by atoms with E-state index in [2.05, 4.69) is 154 Å². The molecule has 0 rings (SSSR count). The first kappa shape index (κ1) is 63.5. The van der Waals surface area contributed by atoms with E-state index < -0.39 is 6.10 Å². The average Bonchev–Trinajstić information content (AvgIpc) is 3.34. The van der Waals surface area contributed by atoms with Gasteiger partial charge in [0, 0.05) is 19.3 Å². The number of ether oxygens (including phenoxy) is 3. The highest BCUT2D eigenvalue weighted by Gasteiger charge is 2.19. The summed E-state index contributed by atoms with van der Waals surface area (Å²) in [6, 6.07) is 0. The SMILES string of the molecule is CC/C=C\C/C=C\C/C=C\C/C=C\C/C=C\C/C=C\CCCCCCC(=O)OCC(COC(=O)CCCCCCC/C=C\CCCCC)OC(=O)CCCC/C=C\C/C=C\C/C=C\C/C=C\CC. The smallest absolute Gasteiger partial charge is 0.306 e. The summed E-state index contributed by atoms with van der Waals surface area (Å²) in [5, 5.41) is 0. The lowest BCUT2D eigenvalue weighted by Gasteiger charge is -2.18. The van der Waals surface area contributed by atoms with Crippen molar-refractivity contribution in [2.45, 2.75) is 226 Å². The number of hydrogen-bond acceptors (Lipinski definition) is 6. The molecular formula is C62H98O6. The molecule has 0 aliphatic carbocycles. The molecule has 0 aromatic carbocycles. The number of carbonyl (C=O) groups excluding carboxylic acids is 3. The predicted molar refractivity (Wildman–Crippen MR) is 292 cm³/mol. The summed E-state index contributed by atoms with van der Waals surface area (Å²) < 4.78 is 16.7. The highest BCUT2D eigenvalue weighted by atomic mass is 16.6. The molecule has 68 heavy (non-hydrogen) atoms. The second-order valence-electron chi connectivity index (χ2n) is 17.4. The van der Waals surface area contributed by atoms with Crippen LogP contribution in [0.1, 0.15) is 220 Å². The number of rotatable bonds is 47. The highest BCUT2D eigenvalue weighted by Crippen LogP contribution is 2.12. The summed E-state index contributed by atoms with van der Waals surface area (Å²) in [6.07, 6.45) is 77.2. The lowest BCUT2D eigenvalue weighted by atomic mass is 10.1. The molecule has 0 bridgehead atoms. The van der Waals surface area contributed by atoms with Crippen molar-refractivity contribution in [2.24, 2.45) is 0 Å². The van der Waals surface area contributed by atoms with Crippen molar-refractivity contribution in [3.05, 3.63) is 134 Å². The molecule has 0 N–H and O–H groups in total. The summed E-state index contributed by atoms with van der Waals surface area (Å²) in [4.78, 5) is 38.0. The lowest BCUT2D eigenvalue weighted by Crippen LogP contribution is -2.30. The van der Waals surface area contributed by atoms with Crippen molar-refractivity contribution in [3.8, 4) is 0 Å². The molecule has 1 unspecified atom stereocenters. The molecule has 0 aromatic rings. The third-order valence-corrected chi connectivity index (χ3v) is 10.9. The van der Waals surface area contributed by atoms with Gasteiger partial charge in [0.15, 0.2) is 6.10 Å². The molecule has 0 saturated carbocycles. The first-order valence-electron chi connectivity index (χ1n) is 27.2. The van der Waals surface area contributed by atoms with Gasteiger partial charge in [-0.05, 0) is 135 Å². The molecule has 0 heterocycles. The standard InChI is InChI=1S/C62H98O6/c1-4-7-10-13-16-19-22-25-27-28-29-30-31-32-33-34-36-37-40-43-46-49-52-55-61(64)67-58-59(57-66-60(63)54-51-48-45-42-39-24-21-18-15-12-9-6-3)68-62(65)56-53-50-47-44-41-38-35-26-23-20-17-14-11-8-5-2/h7-8,10-11,16-21,25-27,29-30,32-33,35-37,41,44,59H,4-6,9,12-15,22-24,28,31,34,38-40,42-43,45-58H2,1-3H3/b10-7-,11-8-,19-16-,20-17-,21-18-,27-25-,30-29-,33-32-,35-26-,37-36-,44-41-. The Morgan fingerprint density at radius 3 is 0.941 bits per heavy atom. The summed E-state index contributed by atoms with van der Waals surface area (Å²) in [5.74, 6) is -0.997. The Labute approximate surface area is 417 Å². The van der Waals surface area contributed by atoms with Gasteiger partial charge in [-0.3, -0.25) is 14.4 Å². The van der Waals surface area contributed by atoms with E-state index in [9.17, 15) is 14.4 Å². The van der Waals surface area contributed by atoms with Gasteiger partial charge in [0.25, 0.3) is 0 Å². The van der Waals surface area contributed by atoms with Crippen LogP contribution >= 0.6 is 0 Å². The van der Waals surface area contributed by atoms with Crippen LogP contribution < -0.4 is 0 Å². The van der Waals surface area contributed by atoms with E-state index in [0.29, 0.717) is 19.3 Å². The van der Waals surface area contributed by atoms with Gasteiger partial charge in [0.2, 0.25) is 0 Å². The Morgan fingerprint density at radius 2 is 0.574 bits per heavy atom. The van der Waals surface area contributed by atoms with E-state index in [-0.39, 0.29) is 37.5 Å². The van der Waals surface area contributed by atoms with Crippen molar-refractivity contribution in [1.29, 1.82) is 0 Å². The fraction of sp³-hybridized carbons (Fsp3) is 0.597. The van der Waals surface area contributed by atoms with Crippen LogP contribution in [0.15, 0.2) is 134 Å². The molecule has 0 amide bonds. The van der Waals surface area contributed by atoms with Crippen LogP contribution in [0.25, 0.3) is 0 Å². The Kier molecular flexibility index (Phi) is 51.5. The van der Waals surface area contributed by atoms with Crippen molar-refractivity contribution >= 4 is 17.9 Å². The normalized spacial score (nSPS) is 13.2. The predicted octanol–water partition coefficient (Wildman–Crippen LogP) is 18.3. The summed E-state index contributed by atoms with van der Waals surface area (Å²) >= 11 is 0. The molecule has 6 heteroatoms. The minimum Gasteiger partial charge on any atom is -0.462 e. The van der Waals surface area contributed by atoms with E-state index >= 15 is 0 Å². The number of hydrogen-bond donors (Lipinski definition) is 0. The molecule has 382 valence electrons. The number of esters is 3. The Hall–Kier alpha value is -4.45. The maximum atomic E-state index is 12.8. The number of carbonyl (C=O) groups is 3. The third kappa shape index (κ3) is 52.5. The maximum absolute atomic E-state index is 12.8. The van der Waals surface area contributed by atoms with E-state index in [1.165, 1.54) is 32.1 Å². The van der Waals surface area contributed by atoms with Gasteiger partial charge in [0.05, 0.1) is 0 Å². The first-order valence-corrected chi connectivity index (χ1v) is 27.2. The van der Waals surface area contributed by atoms with E-state index in [1.54, 1.807) is 0 Å². The molecule has 0 aliphatic rings. The van der Waals surface area contributed by atoms with Crippen molar-refractivity contribution in [1.82, 2.24) is 0 Å². The zero-order valence-electron chi connectivity index (χ0n) is 43.6. The molecule has 0 saturated heterocycles. The van der Waals surface area contributed by atoms with Gasteiger partial charge in [-0.15, -0.1) is 0 Å². The maximum Gasteiger partial charge on any atom is 0.306 e.